The summed E-state index contributed by atoms with van der Waals surface area (Å²) in [6, 6.07) is 5.82. The van der Waals surface area contributed by atoms with Crippen molar-refractivity contribution in [2.24, 2.45) is 0 Å². The normalized spacial score (nSPS) is 10.0. The highest BCUT2D eigenvalue weighted by Crippen LogP contribution is 2.16. The highest BCUT2D eigenvalue weighted by Gasteiger charge is 2.09. The van der Waals surface area contributed by atoms with Crippen molar-refractivity contribution in [3.8, 4) is 0 Å². The molecule has 2 aromatic rings. The molecule has 0 unspecified atom stereocenters. The first kappa shape index (κ1) is 11.2. The van der Waals surface area contributed by atoms with Crippen molar-refractivity contribution in [1.29, 1.82) is 0 Å². The fraction of sp³-hybridized carbons (Fsp3) is 0. The van der Waals surface area contributed by atoms with Crippen LogP contribution in [0.5, 0.6) is 0 Å². The summed E-state index contributed by atoms with van der Waals surface area (Å²) in [5.41, 5.74) is 0.135. The van der Waals surface area contributed by atoms with Gasteiger partial charge in [-0.3, -0.25) is 9.78 Å². The predicted octanol–water partition coefficient (Wildman–Crippen LogP) is 2.61. The summed E-state index contributed by atoms with van der Waals surface area (Å²) in [7, 11) is 0. The highest BCUT2D eigenvalue weighted by atomic mass is 19.1. The maximum Gasteiger partial charge on any atom is 0.255 e. The third-order valence-corrected chi connectivity index (χ3v) is 2.12. The van der Waals surface area contributed by atoms with Crippen LogP contribution in [0.2, 0.25) is 0 Å². The molecule has 3 nitrogen and oxygen atoms in total. The molecule has 1 heterocycles. The molecule has 1 N–H and O–H groups in total. The van der Waals surface area contributed by atoms with Crippen LogP contribution in [-0.4, -0.2) is 10.9 Å². The second-order valence-corrected chi connectivity index (χ2v) is 3.31. The summed E-state index contributed by atoms with van der Waals surface area (Å²) < 4.78 is 26.1. The number of carbonyl (C=O) groups is 1. The van der Waals surface area contributed by atoms with Crippen LogP contribution in [0.15, 0.2) is 42.7 Å². The van der Waals surface area contributed by atoms with E-state index < -0.39 is 17.5 Å². The third-order valence-electron chi connectivity index (χ3n) is 2.12. The molecule has 1 aromatic heterocycles. The Bertz CT molecular complexity index is 543. The van der Waals surface area contributed by atoms with Gasteiger partial charge in [0.2, 0.25) is 0 Å². The summed E-state index contributed by atoms with van der Waals surface area (Å²) >= 11 is 0. The van der Waals surface area contributed by atoms with E-state index in [1.165, 1.54) is 24.5 Å². The lowest BCUT2D eigenvalue weighted by Gasteiger charge is -2.06. The van der Waals surface area contributed by atoms with Crippen molar-refractivity contribution in [2.75, 3.05) is 5.32 Å². The van der Waals surface area contributed by atoms with Crippen LogP contribution >= 0.6 is 0 Å². The molecular weight excluding hydrogens is 226 g/mol. The number of aromatic nitrogens is 1. The third kappa shape index (κ3) is 2.63. The van der Waals surface area contributed by atoms with E-state index in [0.29, 0.717) is 5.56 Å². The Labute approximate surface area is 96.1 Å². The van der Waals surface area contributed by atoms with E-state index in [1.54, 1.807) is 0 Å². The number of anilines is 1. The summed E-state index contributed by atoms with van der Waals surface area (Å²) in [5.74, 6) is -1.82. The maximum atomic E-state index is 13.3. The molecule has 1 aromatic carbocycles. The molecule has 0 bridgehead atoms. The number of hydrogen-bond donors (Lipinski definition) is 1. The van der Waals surface area contributed by atoms with Crippen LogP contribution in [0.3, 0.4) is 0 Å². The van der Waals surface area contributed by atoms with Gasteiger partial charge in [-0.15, -0.1) is 0 Å². The largest absolute Gasteiger partial charge is 0.319 e. The van der Waals surface area contributed by atoms with Gasteiger partial charge in [-0.05, 0) is 24.3 Å². The molecule has 0 fully saturated rings. The predicted molar refractivity (Wildman–Crippen MR) is 58.5 cm³/mol. The lowest BCUT2D eigenvalue weighted by Crippen LogP contribution is -2.13. The summed E-state index contributed by atoms with van der Waals surface area (Å²) in [5, 5.41) is 2.29. The number of carbonyl (C=O) groups excluding carboxylic acids is 1. The lowest BCUT2D eigenvalue weighted by atomic mass is 10.2. The van der Waals surface area contributed by atoms with Gasteiger partial charge >= 0.3 is 0 Å². The van der Waals surface area contributed by atoms with Gasteiger partial charge in [0.25, 0.3) is 5.91 Å². The first-order valence-corrected chi connectivity index (χ1v) is 4.83. The first-order valence-electron chi connectivity index (χ1n) is 4.83. The number of nitrogens with one attached hydrogen (secondary N) is 1. The molecule has 0 saturated carbocycles. The number of halogens is 2. The topological polar surface area (TPSA) is 42.0 Å². The molecule has 0 radical (unpaired) electrons. The van der Waals surface area contributed by atoms with E-state index in [-0.39, 0.29) is 5.69 Å². The molecule has 0 aliphatic carbocycles. The number of nitrogens with zero attached hydrogens (tertiary/aromatic N) is 1. The summed E-state index contributed by atoms with van der Waals surface area (Å²) in [6.45, 7) is 0. The van der Waals surface area contributed by atoms with Gasteiger partial charge in [-0.2, -0.15) is 0 Å². The van der Waals surface area contributed by atoms with Crippen LogP contribution in [-0.2, 0) is 0 Å². The van der Waals surface area contributed by atoms with Crippen molar-refractivity contribution in [2.45, 2.75) is 0 Å². The van der Waals surface area contributed by atoms with Gasteiger partial charge in [0.1, 0.15) is 11.6 Å². The average Bonchev–Trinajstić information content (AvgIpc) is 2.35. The number of pyridine rings is 1. The van der Waals surface area contributed by atoms with E-state index in [0.717, 1.165) is 18.2 Å². The zero-order valence-electron chi connectivity index (χ0n) is 8.65. The number of hydrogen-bond acceptors (Lipinski definition) is 2. The second kappa shape index (κ2) is 4.69. The molecule has 86 valence electrons. The number of amides is 1. The van der Waals surface area contributed by atoms with E-state index in [1.807, 2.05) is 0 Å². The monoisotopic (exact) mass is 234 g/mol. The standard InChI is InChI=1S/C12H8F2N2O/c13-9-1-2-10(14)11(7-9)16-12(17)8-3-5-15-6-4-8/h1-7H,(H,16,17). The minimum absolute atomic E-state index is 0.188. The second-order valence-electron chi connectivity index (χ2n) is 3.31. The van der Waals surface area contributed by atoms with Gasteiger partial charge < -0.3 is 5.32 Å². The van der Waals surface area contributed by atoms with Gasteiger partial charge in [0.15, 0.2) is 0 Å². The van der Waals surface area contributed by atoms with Crippen LogP contribution in [0.4, 0.5) is 14.5 Å². The molecule has 17 heavy (non-hydrogen) atoms. The molecule has 0 atom stereocenters. The van der Waals surface area contributed by atoms with Gasteiger partial charge in [-0.1, -0.05) is 0 Å². The molecule has 0 spiro atoms. The summed E-state index contributed by atoms with van der Waals surface area (Å²) in [6.07, 6.45) is 2.88. The van der Waals surface area contributed by atoms with Gasteiger partial charge in [-0.25, -0.2) is 8.78 Å². The van der Waals surface area contributed by atoms with Crippen molar-refractivity contribution in [3.63, 3.8) is 0 Å². The zero-order valence-corrected chi connectivity index (χ0v) is 8.65. The molecular formula is C12H8F2N2O. The molecule has 0 saturated heterocycles. The Balaban J connectivity index is 2.22. The SMILES string of the molecule is O=C(Nc1cc(F)ccc1F)c1ccncc1. The van der Waals surface area contributed by atoms with Gasteiger partial charge in [0, 0.05) is 24.0 Å². The van der Waals surface area contributed by atoms with E-state index in [4.69, 9.17) is 0 Å². The zero-order chi connectivity index (χ0) is 12.3. The minimum Gasteiger partial charge on any atom is -0.319 e. The fourth-order valence-electron chi connectivity index (χ4n) is 1.29. The van der Waals surface area contributed by atoms with Crippen molar-refractivity contribution in [1.82, 2.24) is 4.98 Å². The van der Waals surface area contributed by atoms with Crippen molar-refractivity contribution >= 4 is 11.6 Å². The number of rotatable bonds is 2. The Morgan fingerprint density at radius 1 is 1.12 bits per heavy atom. The molecule has 0 aliphatic rings. The fourth-order valence-corrected chi connectivity index (χ4v) is 1.29. The molecule has 1 amide bonds. The molecule has 0 aliphatic heterocycles. The Kier molecular flexibility index (Phi) is 3.09. The van der Waals surface area contributed by atoms with E-state index >= 15 is 0 Å². The van der Waals surface area contributed by atoms with Gasteiger partial charge in [0.05, 0.1) is 5.69 Å². The minimum atomic E-state index is -0.686. The molecule has 5 heteroatoms. The van der Waals surface area contributed by atoms with E-state index in [9.17, 15) is 13.6 Å². The maximum absolute atomic E-state index is 13.3. The van der Waals surface area contributed by atoms with Crippen LogP contribution in [0, 0.1) is 11.6 Å². The first-order chi connectivity index (χ1) is 8.16. The van der Waals surface area contributed by atoms with E-state index in [2.05, 4.69) is 10.3 Å². The Morgan fingerprint density at radius 3 is 2.53 bits per heavy atom. The lowest BCUT2D eigenvalue weighted by molar-refractivity contribution is 0.102. The Hall–Kier alpha value is -2.30. The van der Waals surface area contributed by atoms with Crippen LogP contribution in [0.1, 0.15) is 10.4 Å². The number of benzene rings is 1. The van der Waals surface area contributed by atoms with Crippen molar-refractivity contribution in [3.05, 3.63) is 59.9 Å². The smallest absolute Gasteiger partial charge is 0.255 e. The highest BCUT2D eigenvalue weighted by molar-refractivity contribution is 6.04. The quantitative estimate of drug-likeness (QED) is 0.867. The van der Waals surface area contributed by atoms with Crippen LogP contribution in [0.25, 0.3) is 0 Å². The van der Waals surface area contributed by atoms with Crippen LogP contribution < -0.4 is 5.32 Å². The molecule has 2 rings (SSSR count). The average molecular weight is 234 g/mol. The Morgan fingerprint density at radius 2 is 1.82 bits per heavy atom. The summed E-state index contributed by atoms with van der Waals surface area (Å²) in [4.78, 5) is 15.4. The van der Waals surface area contributed by atoms with Crippen molar-refractivity contribution < 1.29 is 13.6 Å².